The average molecular weight is 453 g/mol. The van der Waals surface area contributed by atoms with Crippen molar-refractivity contribution in [2.75, 3.05) is 12.3 Å². The Hall–Kier alpha value is -3.86. The molecule has 0 saturated heterocycles. The highest BCUT2D eigenvalue weighted by Crippen LogP contribution is 2.12. The fourth-order valence-corrected chi connectivity index (χ4v) is 2.21. The first-order valence-electron chi connectivity index (χ1n) is 8.87. The SMILES string of the molecule is Cl.N=C(N)NCCC[C@H](NC(=O)c1ccccc1)C(=O)O.Nc1ccc([N+](=O)[O-])cc1. The van der Waals surface area contributed by atoms with Crippen molar-refractivity contribution in [2.45, 2.75) is 18.9 Å². The smallest absolute Gasteiger partial charge is 0.326 e. The van der Waals surface area contributed by atoms with E-state index in [9.17, 15) is 19.7 Å². The van der Waals surface area contributed by atoms with Gasteiger partial charge in [-0.05, 0) is 37.1 Å². The van der Waals surface area contributed by atoms with Crippen LogP contribution in [0.25, 0.3) is 0 Å². The predicted molar refractivity (Wildman–Crippen MR) is 119 cm³/mol. The molecule has 0 aliphatic carbocycles. The summed E-state index contributed by atoms with van der Waals surface area (Å²) in [5, 5.41) is 31.2. The van der Waals surface area contributed by atoms with E-state index in [-0.39, 0.29) is 30.5 Å². The number of hydrogen-bond acceptors (Lipinski definition) is 6. The number of carbonyl (C=O) groups excluding carboxylic acids is 1. The Morgan fingerprint density at radius 1 is 1.13 bits per heavy atom. The second-order valence-electron chi connectivity index (χ2n) is 6.06. The molecule has 0 unspecified atom stereocenters. The lowest BCUT2D eigenvalue weighted by atomic mass is 10.1. The zero-order valence-corrected chi connectivity index (χ0v) is 17.3. The van der Waals surface area contributed by atoms with Gasteiger partial charge in [-0.1, -0.05) is 18.2 Å². The molecule has 0 bridgehead atoms. The van der Waals surface area contributed by atoms with Gasteiger partial charge in [0.25, 0.3) is 11.6 Å². The van der Waals surface area contributed by atoms with Gasteiger partial charge >= 0.3 is 5.97 Å². The van der Waals surface area contributed by atoms with Crippen LogP contribution in [0.15, 0.2) is 54.6 Å². The predicted octanol–water partition coefficient (Wildman–Crippen LogP) is 1.73. The second-order valence-corrected chi connectivity index (χ2v) is 6.06. The molecule has 0 aliphatic rings. The van der Waals surface area contributed by atoms with Crippen LogP contribution in [-0.2, 0) is 4.79 Å². The Bertz CT molecular complexity index is 864. The van der Waals surface area contributed by atoms with Crippen molar-refractivity contribution in [3.8, 4) is 0 Å². The first-order valence-corrected chi connectivity index (χ1v) is 8.87. The van der Waals surface area contributed by atoms with Gasteiger partial charge in [0.1, 0.15) is 6.04 Å². The Balaban J connectivity index is 0.000000688. The van der Waals surface area contributed by atoms with Crippen molar-refractivity contribution < 1.29 is 19.6 Å². The number of halogens is 1. The van der Waals surface area contributed by atoms with E-state index in [4.69, 9.17) is 22.0 Å². The van der Waals surface area contributed by atoms with Crippen LogP contribution < -0.4 is 22.1 Å². The topological polar surface area (TPSA) is 197 Å². The first kappa shape index (κ1) is 27.1. The number of nitro benzene ring substituents is 1. The Labute approximate surface area is 184 Å². The molecule has 0 heterocycles. The van der Waals surface area contributed by atoms with Crippen molar-refractivity contribution in [3.63, 3.8) is 0 Å². The van der Waals surface area contributed by atoms with E-state index in [2.05, 4.69) is 10.6 Å². The van der Waals surface area contributed by atoms with Crippen LogP contribution in [0.5, 0.6) is 0 Å². The highest BCUT2D eigenvalue weighted by molar-refractivity contribution is 5.96. The molecule has 0 radical (unpaired) electrons. The van der Waals surface area contributed by atoms with E-state index in [1.54, 1.807) is 30.3 Å². The number of carboxylic acids is 1. The third-order valence-electron chi connectivity index (χ3n) is 3.73. The van der Waals surface area contributed by atoms with Gasteiger partial charge in [-0.15, -0.1) is 12.4 Å². The summed E-state index contributed by atoms with van der Waals surface area (Å²) in [4.78, 5) is 32.6. The van der Waals surface area contributed by atoms with Crippen LogP contribution >= 0.6 is 12.4 Å². The number of guanidine groups is 1. The molecule has 2 aromatic carbocycles. The number of nitrogen functional groups attached to an aromatic ring is 1. The zero-order chi connectivity index (χ0) is 22.5. The summed E-state index contributed by atoms with van der Waals surface area (Å²) >= 11 is 0. The number of nitrogens with zero attached hydrogens (tertiary/aromatic N) is 1. The molecule has 0 saturated carbocycles. The van der Waals surface area contributed by atoms with Gasteiger partial charge in [0.15, 0.2) is 5.96 Å². The van der Waals surface area contributed by atoms with E-state index < -0.39 is 22.8 Å². The first-order chi connectivity index (χ1) is 14.2. The quantitative estimate of drug-likeness (QED) is 0.0868. The Morgan fingerprint density at radius 2 is 1.71 bits per heavy atom. The fraction of sp³-hybridized carbons (Fsp3) is 0.211. The Morgan fingerprint density at radius 3 is 2.19 bits per heavy atom. The molecule has 2 rings (SSSR count). The fourth-order valence-electron chi connectivity index (χ4n) is 2.21. The third-order valence-corrected chi connectivity index (χ3v) is 3.73. The molecule has 0 spiro atoms. The lowest BCUT2D eigenvalue weighted by Crippen LogP contribution is -2.41. The Kier molecular flexibility index (Phi) is 12.4. The summed E-state index contributed by atoms with van der Waals surface area (Å²) in [5.41, 5.74) is 11.4. The van der Waals surface area contributed by atoms with E-state index in [1.165, 1.54) is 24.3 Å². The van der Waals surface area contributed by atoms with Crippen LogP contribution in [0, 0.1) is 15.5 Å². The normalized spacial score (nSPS) is 10.3. The summed E-state index contributed by atoms with van der Waals surface area (Å²) in [6, 6.07) is 13.2. The van der Waals surface area contributed by atoms with Crippen LogP contribution in [-0.4, -0.2) is 40.5 Å². The minimum atomic E-state index is -1.09. The van der Waals surface area contributed by atoms with E-state index in [0.717, 1.165) is 0 Å². The van der Waals surface area contributed by atoms with Gasteiger partial charge in [-0.2, -0.15) is 0 Å². The molecular weight excluding hydrogens is 428 g/mol. The number of hydrogen-bond donors (Lipinski definition) is 6. The largest absolute Gasteiger partial charge is 0.480 e. The van der Waals surface area contributed by atoms with E-state index in [1.807, 2.05) is 0 Å². The van der Waals surface area contributed by atoms with Crippen molar-refractivity contribution in [1.82, 2.24) is 10.6 Å². The lowest BCUT2D eigenvalue weighted by molar-refractivity contribution is -0.384. The molecule has 0 aromatic heterocycles. The summed E-state index contributed by atoms with van der Waals surface area (Å²) < 4.78 is 0. The summed E-state index contributed by atoms with van der Waals surface area (Å²) in [6.07, 6.45) is 0.736. The number of nitrogens with one attached hydrogen (secondary N) is 3. The number of amides is 1. The molecule has 0 aliphatic heterocycles. The average Bonchev–Trinajstić information content (AvgIpc) is 2.71. The number of benzene rings is 2. The number of rotatable bonds is 8. The molecule has 1 atom stereocenters. The second kappa shape index (κ2) is 14.2. The van der Waals surface area contributed by atoms with Crippen LogP contribution in [0.2, 0.25) is 0 Å². The molecule has 1 amide bonds. The summed E-state index contributed by atoms with van der Waals surface area (Å²) in [6.45, 7) is 0.389. The molecule has 11 nitrogen and oxygen atoms in total. The van der Waals surface area contributed by atoms with Crippen molar-refractivity contribution in [3.05, 3.63) is 70.3 Å². The molecule has 2 aromatic rings. The highest BCUT2D eigenvalue weighted by Gasteiger charge is 2.19. The molecular formula is C19H25ClN6O5. The van der Waals surface area contributed by atoms with Gasteiger partial charge in [0.05, 0.1) is 4.92 Å². The maximum Gasteiger partial charge on any atom is 0.326 e. The maximum absolute atomic E-state index is 11.9. The number of carboxylic acid groups (broad SMARTS) is 1. The van der Waals surface area contributed by atoms with E-state index in [0.29, 0.717) is 24.2 Å². The third kappa shape index (κ3) is 11.0. The standard InChI is InChI=1S/C13H18N4O3.C6H6N2O2.ClH/c14-13(15)16-8-4-7-10(12(19)20)17-11(18)9-5-2-1-3-6-9;7-5-1-3-6(4-2-5)8(9)10;/h1-3,5-6,10H,4,7-8H2,(H,17,18)(H,19,20)(H4,14,15,16);1-4H,7H2;1H/t10-;;/m0../s1. The van der Waals surface area contributed by atoms with Crippen LogP contribution in [0.1, 0.15) is 23.2 Å². The minimum Gasteiger partial charge on any atom is -0.480 e. The highest BCUT2D eigenvalue weighted by atomic mass is 35.5. The van der Waals surface area contributed by atoms with Gasteiger partial charge in [-0.25, -0.2) is 4.79 Å². The molecule has 0 fully saturated rings. The number of non-ortho nitro benzene ring substituents is 1. The van der Waals surface area contributed by atoms with Gasteiger partial charge < -0.3 is 27.2 Å². The van der Waals surface area contributed by atoms with Gasteiger partial charge in [-0.3, -0.25) is 20.3 Å². The number of carbonyl (C=O) groups is 2. The molecule has 31 heavy (non-hydrogen) atoms. The minimum absolute atomic E-state index is 0. The number of nitrogens with two attached hydrogens (primary N) is 2. The van der Waals surface area contributed by atoms with Crippen LogP contribution in [0.3, 0.4) is 0 Å². The number of anilines is 1. The van der Waals surface area contributed by atoms with E-state index >= 15 is 0 Å². The number of nitro groups is 1. The number of aliphatic carboxylic acids is 1. The monoisotopic (exact) mass is 452 g/mol. The molecule has 12 heteroatoms. The van der Waals surface area contributed by atoms with Gasteiger partial charge in [0, 0.05) is 29.9 Å². The summed E-state index contributed by atoms with van der Waals surface area (Å²) in [7, 11) is 0. The van der Waals surface area contributed by atoms with Crippen molar-refractivity contribution >= 4 is 41.6 Å². The molecule has 8 N–H and O–H groups in total. The lowest BCUT2D eigenvalue weighted by Gasteiger charge is -2.14. The maximum atomic E-state index is 11.9. The summed E-state index contributed by atoms with van der Waals surface area (Å²) in [5.74, 6) is -1.67. The van der Waals surface area contributed by atoms with Crippen LogP contribution in [0.4, 0.5) is 11.4 Å². The van der Waals surface area contributed by atoms with Crippen molar-refractivity contribution in [2.24, 2.45) is 5.73 Å². The van der Waals surface area contributed by atoms with Gasteiger partial charge in [0.2, 0.25) is 0 Å². The zero-order valence-electron chi connectivity index (χ0n) is 16.5. The van der Waals surface area contributed by atoms with Crippen molar-refractivity contribution in [1.29, 1.82) is 5.41 Å². The molecule has 168 valence electrons.